The van der Waals surface area contributed by atoms with Crippen LogP contribution in [0.25, 0.3) is 0 Å². The van der Waals surface area contributed by atoms with Crippen molar-refractivity contribution in [1.29, 1.82) is 0 Å². The van der Waals surface area contributed by atoms with E-state index in [-0.39, 0.29) is 5.75 Å². The van der Waals surface area contributed by atoms with Gasteiger partial charge in [0.25, 0.3) is 0 Å². The van der Waals surface area contributed by atoms with Crippen molar-refractivity contribution < 1.29 is 14.6 Å². The molecule has 0 saturated carbocycles. The lowest BCUT2D eigenvalue weighted by atomic mass is 9.99. The monoisotopic (exact) mass is 374 g/mol. The zero-order chi connectivity index (χ0) is 19.7. The molecule has 0 unspecified atom stereocenters. The summed E-state index contributed by atoms with van der Waals surface area (Å²) >= 11 is 0. The first-order chi connectivity index (χ1) is 13.2. The third-order valence-corrected chi connectivity index (χ3v) is 4.98. The van der Waals surface area contributed by atoms with Crippen LogP contribution in [0, 0.1) is 0 Å². The first kappa shape index (κ1) is 23.3. The van der Waals surface area contributed by atoms with E-state index < -0.39 is 5.97 Å². The molecule has 0 amide bonds. The summed E-state index contributed by atoms with van der Waals surface area (Å²) in [6, 6.07) is 5.22. The number of phenolic OH excluding ortho intramolecular Hbond substituents is 1. The third kappa shape index (κ3) is 10.2. The highest BCUT2D eigenvalue weighted by molar-refractivity contribution is 5.94. The number of carbonyl (C=O) groups is 1. The maximum absolute atomic E-state index is 11.8. The molecule has 1 N–H and O–H groups in total. The quantitative estimate of drug-likeness (QED) is 0.205. The van der Waals surface area contributed by atoms with Crippen molar-refractivity contribution in [2.75, 3.05) is 7.11 Å². The fourth-order valence-electron chi connectivity index (χ4n) is 3.34. The lowest BCUT2D eigenvalue weighted by Gasteiger charge is -2.09. The molecule has 0 bridgehead atoms. The lowest BCUT2D eigenvalue weighted by Crippen LogP contribution is -2.06. The molecule has 0 spiro atoms. The molecule has 0 radical (unpaired) electrons. The highest BCUT2D eigenvalue weighted by Gasteiger charge is 2.16. The smallest absolute Gasteiger partial charge is 0.341 e. The Morgan fingerprint density at radius 2 is 1.52 bits per heavy atom. The Morgan fingerprint density at radius 1 is 0.926 bits per heavy atom. The van der Waals surface area contributed by atoms with Gasteiger partial charge in [0.05, 0.1) is 7.11 Å². The Labute approximate surface area is 165 Å². The van der Waals surface area contributed by atoms with Crippen LogP contribution in [-0.2, 0) is 11.2 Å². The van der Waals surface area contributed by atoms with E-state index >= 15 is 0 Å². The van der Waals surface area contributed by atoms with Crippen LogP contribution in [0.1, 0.15) is 99.9 Å². The number of aromatic hydroxyl groups is 1. The number of hydrogen-bond donors (Lipinski definition) is 1. The molecule has 0 aromatic heterocycles. The highest BCUT2D eigenvalue weighted by Crippen LogP contribution is 2.23. The number of hydrogen-bond acceptors (Lipinski definition) is 3. The van der Waals surface area contributed by atoms with Gasteiger partial charge >= 0.3 is 5.97 Å². The van der Waals surface area contributed by atoms with Crippen LogP contribution < -0.4 is 0 Å². The summed E-state index contributed by atoms with van der Waals surface area (Å²) in [7, 11) is 1.35. The Kier molecular flexibility index (Phi) is 13.2. The minimum Gasteiger partial charge on any atom is -0.507 e. The van der Waals surface area contributed by atoms with Crippen molar-refractivity contribution in [3.63, 3.8) is 0 Å². The standard InChI is InChI=1S/C24H38O3/c1-3-4-5-6-7-8-9-10-11-12-13-14-15-16-18-21-19-17-20-22(25)23(21)24(26)27-2/h9-10,17,19-20,25H,3-8,11-16,18H2,1-2H3/b10-9+. The topological polar surface area (TPSA) is 46.5 Å². The lowest BCUT2D eigenvalue weighted by molar-refractivity contribution is 0.0596. The molecule has 1 rings (SSSR count). The summed E-state index contributed by atoms with van der Waals surface area (Å²) in [5, 5.41) is 9.90. The number of carbonyl (C=O) groups excluding carboxylic acids is 1. The molecule has 27 heavy (non-hydrogen) atoms. The fraction of sp³-hybridized carbons (Fsp3) is 0.625. The number of methoxy groups -OCH3 is 1. The number of unbranched alkanes of at least 4 members (excludes halogenated alkanes) is 10. The van der Waals surface area contributed by atoms with Gasteiger partial charge in [-0.15, -0.1) is 0 Å². The van der Waals surface area contributed by atoms with E-state index in [1.807, 2.05) is 6.07 Å². The molecule has 0 fully saturated rings. The van der Waals surface area contributed by atoms with Crippen LogP contribution in [0.2, 0.25) is 0 Å². The SMILES string of the molecule is CCCCCCC/C=C/CCCCCCCc1cccc(O)c1C(=O)OC. The average molecular weight is 375 g/mol. The van der Waals surface area contributed by atoms with Gasteiger partial charge < -0.3 is 9.84 Å². The number of ether oxygens (including phenoxy) is 1. The number of phenols is 1. The van der Waals surface area contributed by atoms with Crippen LogP contribution >= 0.6 is 0 Å². The van der Waals surface area contributed by atoms with Crippen molar-refractivity contribution in [3.05, 3.63) is 41.5 Å². The third-order valence-electron chi connectivity index (χ3n) is 4.98. The second-order valence-corrected chi connectivity index (χ2v) is 7.28. The molecule has 3 heteroatoms. The van der Waals surface area contributed by atoms with E-state index in [1.165, 1.54) is 77.4 Å². The van der Waals surface area contributed by atoms with Gasteiger partial charge in [-0.3, -0.25) is 0 Å². The fourth-order valence-corrected chi connectivity index (χ4v) is 3.34. The van der Waals surface area contributed by atoms with E-state index in [0.29, 0.717) is 5.56 Å². The Balaban J connectivity index is 2.08. The van der Waals surface area contributed by atoms with Gasteiger partial charge in [0.2, 0.25) is 0 Å². The normalized spacial score (nSPS) is 11.2. The Morgan fingerprint density at radius 3 is 2.15 bits per heavy atom. The maximum Gasteiger partial charge on any atom is 0.341 e. The molecule has 1 aromatic carbocycles. The Bertz CT molecular complexity index is 549. The molecule has 0 heterocycles. The van der Waals surface area contributed by atoms with Crippen molar-refractivity contribution in [2.45, 2.75) is 90.4 Å². The summed E-state index contributed by atoms with van der Waals surface area (Å²) in [5.41, 5.74) is 1.20. The molecule has 152 valence electrons. The van der Waals surface area contributed by atoms with E-state index in [0.717, 1.165) is 24.8 Å². The van der Waals surface area contributed by atoms with Gasteiger partial charge in [0.15, 0.2) is 0 Å². The molecule has 0 aliphatic carbocycles. The molecule has 3 nitrogen and oxygen atoms in total. The molecule has 0 saturated heterocycles. The van der Waals surface area contributed by atoms with Gasteiger partial charge in [0, 0.05) is 0 Å². The highest BCUT2D eigenvalue weighted by atomic mass is 16.5. The van der Waals surface area contributed by atoms with Crippen LogP contribution in [0.5, 0.6) is 5.75 Å². The van der Waals surface area contributed by atoms with Gasteiger partial charge in [0.1, 0.15) is 11.3 Å². The summed E-state index contributed by atoms with van der Waals surface area (Å²) in [6.07, 6.45) is 20.6. The van der Waals surface area contributed by atoms with E-state index in [2.05, 4.69) is 19.1 Å². The number of benzene rings is 1. The zero-order valence-corrected chi connectivity index (χ0v) is 17.3. The molecular weight excluding hydrogens is 336 g/mol. The first-order valence-corrected chi connectivity index (χ1v) is 10.7. The van der Waals surface area contributed by atoms with E-state index in [4.69, 9.17) is 4.74 Å². The first-order valence-electron chi connectivity index (χ1n) is 10.7. The summed E-state index contributed by atoms with van der Waals surface area (Å²) in [6.45, 7) is 2.26. The van der Waals surface area contributed by atoms with Gasteiger partial charge in [-0.05, 0) is 50.2 Å². The predicted octanol–water partition coefficient (Wildman–Crippen LogP) is 6.98. The second kappa shape index (κ2) is 15.3. The zero-order valence-electron chi connectivity index (χ0n) is 17.3. The molecule has 0 aliphatic rings. The molecular formula is C24H38O3. The predicted molar refractivity (Wildman–Crippen MR) is 113 cm³/mol. The van der Waals surface area contributed by atoms with Crippen LogP contribution in [-0.4, -0.2) is 18.2 Å². The van der Waals surface area contributed by atoms with Crippen molar-refractivity contribution in [2.24, 2.45) is 0 Å². The minimum atomic E-state index is -0.458. The summed E-state index contributed by atoms with van der Waals surface area (Å²) in [4.78, 5) is 11.8. The Hall–Kier alpha value is -1.77. The van der Waals surface area contributed by atoms with Crippen LogP contribution in [0.3, 0.4) is 0 Å². The number of rotatable bonds is 15. The number of aryl methyl sites for hydroxylation is 1. The van der Waals surface area contributed by atoms with Crippen molar-refractivity contribution >= 4 is 5.97 Å². The summed E-state index contributed by atoms with van der Waals surface area (Å²) < 4.78 is 4.78. The van der Waals surface area contributed by atoms with Gasteiger partial charge in [-0.2, -0.15) is 0 Å². The van der Waals surface area contributed by atoms with Gasteiger partial charge in [-0.25, -0.2) is 4.79 Å². The second-order valence-electron chi connectivity index (χ2n) is 7.28. The van der Waals surface area contributed by atoms with Crippen LogP contribution in [0.15, 0.2) is 30.4 Å². The largest absolute Gasteiger partial charge is 0.507 e. The van der Waals surface area contributed by atoms with Crippen molar-refractivity contribution in [3.8, 4) is 5.75 Å². The van der Waals surface area contributed by atoms with E-state index in [1.54, 1.807) is 6.07 Å². The maximum atomic E-state index is 11.8. The number of esters is 1. The molecule has 0 atom stereocenters. The average Bonchev–Trinajstić information content (AvgIpc) is 2.67. The molecule has 1 aromatic rings. The molecule has 0 aliphatic heterocycles. The van der Waals surface area contributed by atoms with E-state index in [9.17, 15) is 9.90 Å². The minimum absolute atomic E-state index is 0.0106. The number of allylic oxidation sites excluding steroid dienone is 2. The van der Waals surface area contributed by atoms with Crippen molar-refractivity contribution in [1.82, 2.24) is 0 Å². The van der Waals surface area contributed by atoms with Crippen LogP contribution in [0.4, 0.5) is 0 Å². The summed E-state index contributed by atoms with van der Waals surface area (Å²) in [5.74, 6) is -0.447. The van der Waals surface area contributed by atoms with Gasteiger partial charge in [-0.1, -0.05) is 76.2 Å².